The van der Waals surface area contributed by atoms with E-state index in [0.717, 1.165) is 21.3 Å². The van der Waals surface area contributed by atoms with Crippen molar-refractivity contribution < 1.29 is 9.59 Å². The minimum Gasteiger partial charge on any atom is -0.345 e. The van der Waals surface area contributed by atoms with Crippen molar-refractivity contribution in [2.45, 2.75) is 45.9 Å². The summed E-state index contributed by atoms with van der Waals surface area (Å²) in [6.45, 7) is 8.88. The lowest BCUT2D eigenvalue weighted by atomic mass is 10.1. The van der Waals surface area contributed by atoms with Gasteiger partial charge in [0.2, 0.25) is 5.91 Å². The second-order valence-corrected chi connectivity index (χ2v) is 9.21. The van der Waals surface area contributed by atoms with Crippen LogP contribution in [0, 0.1) is 20.8 Å². The minimum atomic E-state index is -0.194. The molecule has 0 saturated heterocycles. The fourth-order valence-electron chi connectivity index (χ4n) is 3.46. The molecule has 7 nitrogen and oxygen atoms in total. The summed E-state index contributed by atoms with van der Waals surface area (Å²) in [5.41, 5.74) is 4.67. The van der Waals surface area contributed by atoms with Crippen LogP contribution in [-0.4, -0.2) is 32.3 Å². The fraction of sp³-hybridized carbons (Fsp3) is 0.304. The number of nitrogens with one attached hydrogen (secondary N) is 2. The van der Waals surface area contributed by atoms with Gasteiger partial charge in [-0.3, -0.25) is 9.59 Å². The molecule has 1 aromatic heterocycles. The molecule has 3 rings (SSSR count). The molecule has 0 atom stereocenters. The van der Waals surface area contributed by atoms with Gasteiger partial charge in [-0.05, 0) is 66.9 Å². The van der Waals surface area contributed by atoms with Gasteiger partial charge in [0.1, 0.15) is 0 Å². The molecule has 2 N–H and O–H groups in total. The van der Waals surface area contributed by atoms with Crippen LogP contribution in [0.2, 0.25) is 0 Å². The van der Waals surface area contributed by atoms with Gasteiger partial charge < -0.3 is 15.2 Å². The highest BCUT2D eigenvalue weighted by molar-refractivity contribution is 9.10. The van der Waals surface area contributed by atoms with Crippen LogP contribution < -0.4 is 10.6 Å². The molecule has 168 valence electrons. The normalized spacial score (nSPS) is 10.8. The van der Waals surface area contributed by atoms with Gasteiger partial charge in [-0.1, -0.05) is 41.6 Å². The Bertz CT molecular complexity index is 1120. The molecule has 0 aliphatic rings. The van der Waals surface area contributed by atoms with E-state index in [-0.39, 0.29) is 24.1 Å². The molecule has 2 aromatic carbocycles. The Kier molecular flexibility index (Phi) is 8.09. The molecular formula is C23H26BrN5O2S. The van der Waals surface area contributed by atoms with Gasteiger partial charge in [0.25, 0.3) is 5.91 Å². The molecule has 0 saturated carbocycles. The van der Waals surface area contributed by atoms with Crippen LogP contribution in [0.1, 0.15) is 39.8 Å². The van der Waals surface area contributed by atoms with Gasteiger partial charge in [0.15, 0.2) is 11.0 Å². The van der Waals surface area contributed by atoms with E-state index in [1.807, 2.05) is 50.5 Å². The average molecular weight is 516 g/mol. The number of nitrogens with zero attached hydrogens (tertiary/aromatic N) is 3. The van der Waals surface area contributed by atoms with Crippen molar-refractivity contribution in [2.75, 3.05) is 11.1 Å². The van der Waals surface area contributed by atoms with Crippen LogP contribution in [0.25, 0.3) is 0 Å². The highest BCUT2D eigenvalue weighted by atomic mass is 79.9. The van der Waals surface area contributed by atoms with E-state index in [1.165, 1.54) is 17.3 Å². The Hall–Kier alpha value is -2.65. The first kappa shape index (κ1) is 24.0. The van der Waals surface area contributed by atoms with Crippen LogP contribution in [-0.2, 0) is 17.9 Å². The number of carbonyl (C=O) groups is 2. The summed E-state index contributed by atoms with van der Waals surface area (Å²) >= 11 is 4.72. The molecule has 0 spiro atoms. The maximum absolute atomic E-state index is 12.5. The number of benzene rings is 2. The van der Waals surface area contributed by atoms with E-state index >= 15 is 0 Å². The number of carbonyl (C=O) groups excluding carboxylic acids is 2. The van der Waals surface area contributed by atoms with Gasteiger partial charge in [0.05, 0.1) is 17.9 Å². The van der Waals surface area contributed by atoms with E-state index in [1.54, 1.807) is 6.07 Å². The number of hydrogen-bond acceptors (Lipinski definition) is 5. The maximum atomic E-state index is 12.5. The monoisotopic (exact) mass is 515 g/mol. The quantitative estimate of drug-likeness (QED) is 0.426. The molecule has 1 heterocycles. The highest BCUT2D eigenvalue weighted by Gasteiger charge is 2.16. The zero-order valence-corrected chi connectivity index (χ0v) is 20.9. The predicted molar refractivity (Wildman–Crippen MR) is 131 cm³/mol. The van der Waals surface area contributed by atoms with Gasteiger partial charge in [-0.2, -0.15) is 0 Å². The Balaban J connectivity index is 1.61. The summed E-state index contributed by atoms with van der Waals surface area (Å²) in [5.74, 6) is 0.565. The number of halogens is 1. The third kappa shape index (κ3) is 5.77. The first-order valence-corrected chi connectivity index (χ1v) is 12.0. The lowest BCUT2D eigenvalue weighted by Crippen LogP contribution is -2.25. The average Bonchev–Trinajstić information content (AvgIpc) is 3.15. The summed E-state index contributed by atoms with van der Waals surface area (Å²) in [6.07, 6.45) is 0. The number of aryl methyl sites for hydroxylation is 3. The van der Waals surface area contributed by atoms with E-state index in [2.05, 4.69) is 48.9 Å². The third-order valence-electron chi connectivity index (χ3n) is 4.91. The SMILES string of the molecule is CCn1c(CNC(=O)c2ccccc2Br)nnc1SCC(=O)Nc1c(C)cc(C)cc1C. The van der Waals surface area contributed by atoms with Crippen molar-refractivity contribution in [2.24, 2.45) is 0 Å². The fourth-order valence-corrected chi connectivity index (χ4v) is 4.74. The maximum Gasteiger partial charge on any atom is 0.252 e. The standard InChI is InChI=1S/C23H26BrN5O2S/c1-5-29-19(12-25-22(31)17-8-6-7-9-18(17)24)27-28-23(29)32-13-20(30)26-21-15(3)10-14(2)11-16(21)4/h6-11H,5,12-13H2,1-4H3,(H,25,31)(H,26,30). The van der Waals surface area contributed by atoms with Crippen LogP contribution >= 0.6 is 27.7 Å². The van der Waals surface area contributed by atoms with Crippen molar-refractivity contribution in [1.82, 2.24) is 20.1 Å². The van der Waals surface area contributed by atoms with E-state index in [4.69, 9.17) is 0 Å². The molecule has 0 aliphatic heterocycles. The molecular weight excluding hydrogens is 490 g/mol. The topological polar surface area (TPSA) is 88.9 Å². The number of anilines is 1. The van der Waals surface area contributed by atoms with E-state index in [0.29, 0.717) is 23.1 Å². The highest BCUT2D eigenvalue weighted by Crippen LogP contribution is 2.23. The van der Waals surface area contributed by atoms with Crippen molar-refractivity contribution in [1.29, 1.82) is 0 Å². The molecule has 0 aliphatic carbocycles. The molecule has 0 unspecified atom stereocenters. The van der Waals surface area contributed by atoms with Crippen molar-refractivity contribution in [3.8, 4) is 0 Å². The van der Waals surface area contributed by atoms with Gasteiger partial charge in [-0.15, -0.1) is 10.2 Å². The van der Waals surface area contributed by atoms with Crippen LogP contribution in [0.15, 0.2) is 46.0 Å². The molecule has 3 aromatic rings. The molecule has 0 fully saturated rings. The van der Waals surface area contributed by atoms with Crippen molar-refractivity contribution >= 4 is 45.2 Å². The zero-order chi connectivity index (χ0) is 23.3. The molecule has 32 heavy (non-hydrogen) atoms. The summed E-state index contributed by atoms with van der Waals surface area (Å²) in [5, 5.41) is 15.0. The lowest BCUT2D eigenvalue weighted by molar-refractivity contribution is -0.113. The molecule has 9 heteroatoms. The van der Waals surface area contributed by atoms with Crippen molar-refractivity contribution in [3.05, 3.63) is 68.9 Å². The summed E-state index contributed by atoms with van der Waals surface area (Å²) in [6, 6.07) is 11.4. The van der Waals surface area contributed by atoms with E-state index in [9.17, 15) is 9.59 Å². The van der Waals surface area contributed by atoms with Gasteiger partial charge in [-0.25, -0.2) is 0 Å². The minimum absolute atomic E-state index is 0.0977. The van der Waals surface area contributed by atoms with Crippen LogP contribution in [0.5, 0.6) is 0 Å². The number of amides is 2. The molecule has 2 amide bonds. The Morgan fingerprint density at radius 3 is 2.44 bits per heavy atom. The van der Waals surface area contributed by atoms with E-state index < -0.39 is 0 Å². The third-order valence-corrected chi connectivity index (χ3v) is 6.57. The molecule has 0 radical (unpaired) electrons. The van der Waals surface area contributed by atoms with Gasteiger partial charge >= 0.3 is 0 Å². The van der Waals surface area contributed by atoms with Crippen LogP contribution in [0.3, 0.4) is 0 Å². The Labute approximate surface area is 200 Å². The van der Waals surface area contributed by atoms with Crippen LogP contribution in [0.4, 0.5) is 5.69 Å². The Morgan fingerprint density at radius 1 is 1.09 bits per heavy atom. The van der Waals surface area contributed by atoms with Gasteiger partial charge in [0, 0.05) is 16.7 Å². The zero-order valence-electron chi connectivity index (χ0n) is 18.5. The number of hydrogen-bond donors (Lipinski definition) is 2. The smallest absolute Gasteiger partial charge is 0.252 e. The first-order valence-electron chi connectivity index (χ1n) is 10.3. The lowest BCUT2D eigenvalue weighted by Gasteiger charge is -2.13. The number of rotatable bonds is 8. The second-order valence-electron chi connectivity index (χ2n) is 7.42. The first-order chi connectivity index (χ1) is 15.3. The second kappa shape index (κ2) is 10.8. The summed E-state index contributed by atoms with van der Waals surface area (Å²) in [7, 11) is 0. The molecule has 0 bridgehead atoms. The predicted octanol–water partition coefficient (Wildman–Crippen LogP) is 4.65. The summed E-state index contributed by atoms with van der Waals surface area (Å²) < 4.78 is 2.64. The number of thioether (sulfide) groups is 1. The van der Waals surface area contributed by atoms with Crippen molar-refractivity contribution in [3.63, 3.8) is 0 Å². The number of aromatic nitrogens is 3. The largest absolute Gasteiger partial charge is 0.345 e. The Morgan fingerprint density at radius 2 is 1.78 bits per heavy atom. The summed E-state index contributed by atoms with van der Waals surface area (Å²) in [4.78, 5) is 25.0.